The van der Waals surface area contributed by atoms with Crippen molar-refractivity contribution < 1.29 is 9.53 Å². The lowest BCUT2D eigenvalue weighted by molar-refractivity contribution is 0.0749. The van der Waals surface area contributed by atoms with E-state index in [0.29, 0.717) is 5.78 Å². The second-order valence-corrected chi connectivity index (χ2v) is 7.31. The van der Waals surface area contributed by atoms with Crippen LogP contribution in [0.2, 0.25) is 0 Å². The molecule has 108 valence electrons. The first kappa shape index (κ1) is 13.7. The number of hydrogen-bond acceptors (Lipinski definition) is 2. The standard InChI is InChI=1S/C18H24O2/c1-17(2)12-14-11-13(7-8-15(14)20-17)16(19)18(3)9-5-4-6-10-18/h7-8,11H,4-6,9-10,12H2,1-3H3. The van der Waals surface area contributed by atoms with Gasteiger partial charge in [-0.1, -0.05) is 26.2 Å². The van der Waals surface area contributed by atoms with E-state index in [0.717, 1.165) is 30.6 Å². The number of carbonyl (C=O) groups is 1. The first-order valence-corrected chi connectivity index (χ1v) is 7.76. The van der Waals surface area contributed by atoms with E-state index in [1.54, 1.807) is 0 Å². The molecule has 0 bridgehead atoms. The van der Waals surface area contributed by atoms with Gasteiger partial charge in [0.2, 0.25) is 0 Å². The first-order chi connectivity index (χ1) is 9.40. The lowest BCUT2D eigenvalue weighted by Gasteiger charge is -2.32. The third-order valence-electron chi connectivity index (χ3n) is 4.83. The van der Waals surface area contributed by atoms with E-state index >= 15 is 0 Å². The minimum Gasteiger partial charge on any atom is -0.487 e. The normalized spacial score (nSPS) is 22.9. The average Bonchev–Trinajstić information content (AvgIpc) is 2.71. The van der Waals surface area contributed by atoms with Gasteiger partial charge in [-0.2, -0.15) is 0 Å². The minimum atomic E-state index is -0.151. The van der Waals surface area contributed by atoms with E-state index < -0.39 is 0 Å². The molecule has 1 fully saturated rings. The maximum Gasteiger partial charge on any atom is 0.168 e. The van der Waals surface area contributed by atoms with Crippen LogP contribution in [0, 0.1) is 5.41 Å². The Bertz CT molecular complexity index is 536. The molecular formula is C18H24O2. The number of fused-ring (bicyclic) bond motifs is 1. The Labute approximate surface area is 121 Å². The zero-order valence-corrected chi connectivity index (χ0v) is 12.8. The molecule has 1 aromatic rings. The Hall–Kier alpha value is -1.31. The Morgan fingerprint density at radius 2 is 1.80 bits per heavy atom. The Morgan fingerprint density at radius 3 is 2.50 bits per heavy atom. The summed E-state index contributed by atoms with van der Waals surface area (Å²) in [6, 6.07) is 5.98. The highest BCUT2D eigenvalue weighted by Crippen LogP contribution is 2.40. The second-order valence-electron chi connectivity index (χ2n) is 7.31. The lowest BCUT2D eigenvalue weighted by atomic mass is 9.71. The van der Waals surface area contributed by atoms with Gasteiger partial charge in [-0.3, -0.25) is 4.79 Å². The van der Waals surface area contributed by atoms with E-state index in [1.165, 1.54) is 24.8 Å². The van der Waals surface area contributed by atoms with Crippen LogP contribution in [0.3, 0.4) is 0 Å². The molecule has 0 radical (unpaired) electrons. The van der Waals surface area contributed by atoms with Crippen molar-refractivity contribution in [1.82, 2.24) is 0 Å². The van der Waals surface area contributed by atoms with Crippen LogP contribution in [0.15, 0.2) is 18.2 Å². The fraction of sp³-hybridized carbons (Fsp3) is 0.611. The molecule has 0 amide bonds. The van der Waals surface area contributed by atoms with Crippen LogP contribution in [-0.4, -0.2) is 11.4 Å². The summed E-state index contributed by atoms with van der Waals surface area (Å²) in [5.41, 5.74) is 1.76. The molecule has 1 aliphatic carbocycles. The van der Waals surface area contributed by atoms with Crippen molar-refractivity contribution in [2.75, 3.05) is 0 Å². The van der Waals surface area contributed by atoms with Gasteiger partial charge in [0.1, 0.15) is 11.4 Å². The molecule has 0 spiro atoms. The maximum absolute atomic E-state index is 12.8. The number of rotatable bonds is 2. The van der Waals surface area contributed by atoms with E-state index in [-0.39, 0.29) is 11.0 Å². The van der Waals surface area contributed by atoms with Gasteiger partial charge in [-0.15, -0.1) is 0 Å². The van der Waals surface area contributed by atoms with Crippen molar-refractivity contribution in [2.24, 2.45) is 5.41 Å². The molecule has 1 saturated carbocycles. The predicted octanol–water partition coefficient (Wildman–Crippen LogP) is 4.55. The van der Waals surface area contributed by atoms with Gasteiger partial charge < -0.3 is 4.74 Å². The van der Waals surface area contributed by atoms with Crippen molar-refractivity contribution in [3.05, 3.63) is 29.3 Å². The van der Waals surface area contributed by atoms with Gasteiger partial charge in [-0.05, 0) is 50.5 Å². The molecule has 0 aromatic heterocycles. The maximum atomic E-state index is 12.8. The summed E-state index contributed by atoms with van der Waals surface area (Å²) < 4.78 is 5.89. The second kappa shape index (κ2) is 4.61. The molecular weight excluding hydrogens is 248 g/mol. The molecule has 1 heterocycles. The van der Waals surface area contributed by atoms with Crippen LogP contribution < -0.4 is 4.74 Å². The molecule has 1 aliphatic heterocycles. The largest absolute Gasteiger partial charge is 0.487 e. The molecule has 1 aromatic carbocycles. The highest BCUT2D eigenvalue weighted by Gasteiger charge is 2.36. The van der Waals surface area contributed by atoms with Crippen LogP contribution in [0.5, 0.6) is 5.75 Å². The summed E-state index contributed by atoms with van der Waals surface area (Å²) in [4.78, 5) is 12.8. The van der Waals surface area contributed by atoms with Crippen molar-refractivity contribution in [3.8, 4) is 5.75 Å². The first-order valence-electron chi connectivity index (χ1n) is 7.76. The number of ketones is 1. The Balaban J connectivity index is 1.87. The van der Waals surface area contributed by atoms with E-state index in [4.69, 9.17) is 4.74 Å². The number of benzene rings is 1. The SMILES string of the molecule is CC1(C)Cc2cc(C(=O)C3(C)CCCCC3)ccc2O1. The monoisotopic (exact) mass is 272 g/mol. The van der Waals surface area contributed by atoms with Gasteiger partial charge in [0.05, 0.1) is 0 Å². The fourth-order valence-corrected chi connectivity index (χ4v) is 3.66. The lowest BCUT2D eigenvalue weighted by Crippen LogP contribution is -2.30. The third kappa shape index (κ3) is 2.36. The fourth-order valence-electron chi connectivity index (χ4n) is 3.66. The highest BCUT2D eigenvalue weighted by atomic mass is 16.5. The molecule has 0 N–H and O–H groups in total. The van der Waals surface area contributed by atoms with Crippen LogP contribution in [0.1, 0.15) is 68.8 Å². The molecule has 0 unspecified atom stereocenters. The quantitative estimate of drug-likeness (QED) is 0.738. The number of Topliss-reactive ketones (excluding diaryl/α,β-unsaturated/α-hetero) is 1. The number of carbonyl (C=O) groups excluding carboxylic acids is 1. The number of hydrogen-bond donors (Lipinski definition) is 0. The summed E-state index contributed by atoms with van der Waals surface area (Å²) in [5, 5.41) is 0. The van der Waals surface area contributed by atoms with Crippen molar-refractivity contribution >= 4 is 5.78 Å². The summed E-state index contributed by atoms with van der Waals surface area (Å²) >= 11 is 0. The smallest absolute Gasteiger partial charge is 0.168 e. The highest BCUT2D eigenvalue weighted by molar-refractivity contribution is 6.00. The molecule has 20 heavy (non-hydrogen) atoms. The number of ether oxygens (including phenoxy) is 1. The average molecular weight is 272 g/mol. The Kier molecular flexibility index (Phi) is 3.15. The van der Waals surface area contributed by atoms with Gasteiger partial charge in [0.25, 0.3) is 0 Å². The molecule has 0 saturated heterocycles. The van der Waals surface area contributed by atoms with Crippen molar-refractivity contribution in [1.29, 1.82) is 0 Å². The van der Waals surface area contributed by atoms with Gasteiger partial charge in [0.15, 0.2) is 5.78 Å². The van der Waals surface area contributed by atoms with E-state index in [2.05, 4.69) is 26.8 Å². The zero-order chi connectivity index (χ0) is 14.4. The van der Waals surface area contributed by atoms with Gasteiger partial charge >= 0.3 is 0 Å². The molecule has 0 atom stereocenters. The van der Waals surface area contributed by atoms with Gasteiger partial charge in [-0.25, -0.2) is 0 Å². The Morgan fingerprint density at radius 1 is 1.10 bits per heavy atom. The third-order valence-corrected chi connectivity index (χ3v) is 4.83. The zero-order valence-electron chi connectivity index (χ0n) is 12.8. The van der Waals surface area contributed by atoms with Crippen LogP contribution in [0.25, 0.3) is 0 Å². The van der Waals surface area contributed by atoms with Gasteiger partial charge in [0, 0.05) is 17.4 Å². The van der Waals surface area contributed by atoms with Crippen LogP contribution in [0.4, 0.5) is 0 Å². The van der Waals surface area contributed by atoms with Crippen LogP contribution >= 0.6 is 0 Å². The van der Waals surface area contributed by atoms with E-state index in [1.807, 2.05) is 12.1 Å². The summed E-state index contributed by atoms with van der Waals surface area (Å²) in [7, 11) is 0. The van der Waals surface area contributed by atoms with E-state index in [9.17, 15) is 4.79 Å². The van der Waals surface area contributed by atoms with Crippen LogP contribution in [-0.2, 0) is 6.42 Å². The summed E-state index contributed by atoms with van der Waals surface area (Å²) in [6.07, 6.45) is 6.59. The summed E-state index contributed by atoms with van der Waals surface area (Å²) in [5.74, 6) is 1.27. The molecule has 2 aliphatic rings. The molecule has 2 heteroatoms. The molecule has 3 rings (SSSR count). The minimum absolute atomic E-state index is 0.140. The van der Waals surface area contributed by atoms with Crippen molar-refractivity contribution in [2.45, 2.75) is 64.9 Å². The topological polar surface area (TPSA) is 26.3 Å². The van der Waals surface area contributed by atoms with Crippen molar-refractivity contribution in [3.63, 3.8) is 0 Å². The predicted molar refractivity (Wildman–Crippen MR) is 80.4 cm³/mol. The molecule has 2 nitrogen and oxygen atoms in total. The summed E-state index contributed by atoms with van der Waals surface area (Å²) in [6.45, 7) is 6.33.